The van der Waals surface area contributed by atoms with Crippen molar-refractivity contribution >= 4 is 27.6 Å². The van der Waals surface area contributed by atoms with Gasteiger partial charge in [-0.1, -0.05) is 18.0 Å². The summed E-state index contributed by atoms with van der Waals surface area (Å²) in [6.45, 7) is -0.192. The average Bonchev–Trinajstić information content (AvgIpc) is 2.36. The minimum atomic E-state index is -3.99. The number of benzene rings is 1. The van der Waals surface area contributed by atoms with Gasteiger partial charge in [0.05, 0.1) is 11.0 Å². The van der Waals surface area contributed by atoms with Crippen LogP contribution in [0.5, 0.6) is 0 Å². The van der Waals surface area contributed by atoms with Gasteiger partial charge in [0.25, 0.3) is 0 Å². The van der Waals surface area contributed by atoms with Crippen LogP contribution in [-0.4, -0.2) is 26.0 Å². The first-order valence-corrected chi connectivity index (χ1v) is 8.10. The lowest BCUT2D eigenvalue weighted by atomic mass is 9.69. The van der Waals surface area contributed by atoms with Crippen LogP contribution in [0.2, 0.25) is 5.02 Å². The van der Waals surface area contributed by atoms with E-state index in [0.717, 1.165) is 6.42 Å². The van der Waals surface area contributed by atoms with Crippen molar-refractivity contribution in [1.29, 1.82) is 5.26 Å². The zero-order valence-electron chi connectivity index (χ0n) is 11.0. The fourth-order valence-corrected chi connectivity index (χ4v) is 3.74. The zero-order chi connectivity index (χ0) is 15.7. The Morgan fingerprint density at radius 2 is 2.14 bits per heavy atom. The number of halogens is 1. The standard InChI is InChI=1S/C13H13ClN2O4S/c14-10-3-2-9(7-15)11(6-10)21(19,20)16-8-13(12(17)18)4-1-5-13/h2-3,6,16H,1,4-5,8H2,(H,17,18). The van der Waals surface area contributed by atoms with Crippen molar-refractivity contribution in [2.75, 3.05) is 6.54 Å². The summed E-state index contributed by atoms with van der Waals surface area (Å²) < 4.78 is 26.8. The van der Waals surface area contributed by atoms with Gasteiger partial charge < -0.3 is 5.11 Å². The summed E-state index contributed by atoms with van der Waals surface area (Å²) in [5.41, 5.74) is -1.08. The summed E-state index contributed by atoms with van der Waals surface area (Å²) in [6.07, 6.45) is 1.63. The summed E-state index contributed by atoms with van der Waals surface area (Å²) in [7, 11) is -3.99. The largest absolute Gasteiger partial charge is 0.481 e. The van der Waals surface area contributed by atoms with E-state index >= 15 is 0 Å². The number of aliphatic carboxylic acids is 1. The third-order valence-corrected chi connectivity index (χ3v) is 5.39. The van der Waals surface area contributed by atoms with Gasteiger partial charge in [0, 0.05) is 11.6 Å². The first-order valence-electron chi connectivity index (χ1n) is 6.23. The topological polar surface area (TPSA) is 107 Å². The number of sulfonamides is 1. The van der Waals surface area contributed by atoms with E-state index in [4.69, 9.17) is 16.9 Å². The van der Waals surface area contributed by atoms with E-state index in [0.29, 0.717) is 12.8 Å². The number of nitriles is 1. The molecular weight excluding hydrogens is 316 g/mol. The molecule has 0 atom stereocenters. The molecule has 8 heteroatoms. The highest BCUT2D eigenvalue weighted by molar-refractivity contribution is 7.89. The Kier molecular flexibility index (Phi) is 4.23. The number of carboxylic acids is 1. The van der Waals surface area contributed by atoms with Gasteiger partial charge in [-0.25, -0.2) is 13.1 Å². The van der Waals surface area contributed by atoms with E-state index in [1.807, 2.05) is 0 Å². The van der Waals surface area contributed by atoms with Crippen molar-refractivity contribution in [3.63, 3.8) is 0 Å². The number of carboxylic acid groups (broad SMARTS) is 1. The maximum atomic E-state index is 12.3. The average molecular weight is 329 g/mol. The highest BCUT2D eigenvalue weighted by Gasteiger charge is 2.45. The predicted molar refractivity (Wildman–Crippen MR) is 75.3 cm³/mol. The van der Waals surface area contributed by atoms with Crippen LogP contribution in [0.1, 0.15) is 24.8 Å². The molecular formula is C13H13ClN2O4S. The first kappa shape index (κ1) is 15.8. The van der Waals surface area contributed by atoms with Crippen LogP contribution >= 0.6 is 11.6 Å². The predicted octanol–water partition coefficient (Wildman–Crippen LogP) is 1.74. The highest BCUT2D eigenvalue weighted by atomic mass is 35.5. The molecule has 1 aliphatic rings. The minimum Gasteiger partial charge on any atom is -0.481 e. The van der Waals surface area contributed by atoms with Crippen LogP contribution in [0, 0.1) is 16.7 Å². The van der Waals surface area contributed by atoms with Crippen molar-refractivity contribution in [2.24, 2.45) is 5.41 Å². The number of nitrogens with zero attached hydrogens (tertiary/aromatic N) is 1. The van der Waals surface area contributed by atoms with E-state index in [2.05, 4.69) is 4.72 Å². The highest BCUT2D eigenvalue weighted by Crippen LogP contribution is 2.40. The molecule has 0 aromatic heterocycles. The number of hydrogen-bond acceptors (Lipinski definition) is 4. The quantitative estimate of drug-likeness (QED) is 0.856. The SMILES string of the molecule is N#Cc1ccc(Cl)cc1S(=O)(=O)NCC1(C(=O)O)CCC1. The normalized spacial score (nSPS) is 16.8. The van der Waals surface area contributed by atoms with Gasteiger partial charge in [-0.2, -0.15) is 5.26 Å². The molecule has 0 amide bonds. The van der Waals surface area contributed by atoms with Crippen LogP contribution in [0.15, 0.2) is 23.1 Å². The lowest BCUT2D eigenvalue weighted by Crippen LogP contribution is -2.47. The minimum absolute atomic E-state index is 0.0371. The molecule has 0 unspecified atom stereocenters. The molecule has 0 radical (unpaired) electrons. The van der Waals surface area contributed by atoms with Crippen molar-refractivity contribution in [3.05, 3.63) is 28.8 Å². The molecule has 112 valence electrons. The number of hydrogen-bond donors (Lipinski definition) is 2. The molecule has 1 aromatic carbocycles. The zero-order valence-corrected chi connectivity index (χ0v) is 12.5. The second kappa shape index (κ2) is 5.64. The molecule has 1 aromatic rings. The van der Waals surface area contributed by atoms with Crippen LogP contribution < -0.4 is 4.72 Å². The van der Waals surface area contributed by atoms with Crippen molar-refractivity contribution in [1.82, 2.24) is 4.72 Å². The van der Waals surface area contributed by atoms with E-state index < -0.39 is 21.4 Å². The van der Waals surface area contributed by atoms with Gasteiger partial charge in [0.1, 0.15) is 11.0 Å². The van der Waals surface area contributed by atoms with Gasteiger partial charge >= 0.3 is 5.97 Å². The maximum Gasteiger partial charge on any atom is 0.310 e. The second-order valence-corrected chi connectivity index (χ2v) is 7.19. The van der Waals surface area contributed by atoms with Crippen molar-refractivity contribution < 1.29 is 18.3 Å². The summed E-state index contributed by atoms with van der Waals surface area (Å²) >= 11 is 5.76. The Morgan fingerprint density at radius 3 is 2.62 bits per heavy atom. The smallest absolute Gasteiger partial charge is 0.310 e. The monoisotopic (exact) mass is 328 g/mol. The van der Waals surface area contributed by atoms with Crippen LogP contribution in [0.3, 0.4) is 0 Å². The molecule has 2 N–H and O–H groups in total. The number of nitrogens with one attached hydrogen (secondary N) is 1. The van der Waals surface area contributed by atoms with Crippen LogP contribution in [-0.2, 0) is 14.8 Å². The van der Waals surface area contributed by atoms with Gasteiger partial charge in [0.2, 0.25) is 10.0 Å². The maximum absolute atomic E-state index is 12.3. The molecule has 0 spiro atoms. The molecule has 1 fully saturated rings. The Bertz CT molecular complexity index is 720. The van der Waals surface area contributed by atoms with Gasteiger partial charge in [-0.3, -0.25) is 4.79 Å². The fourth-order valence-electron chi connectivity index (χ4n) is 2.19. The van der Waals surface area contributed by atoms with E-state index in [9.17, 15) is 18.3 Å². The fraction of sp³-hybridized carbons (Fsp3) is 0.385. The van der Waals surface area contributed by atoms with Gasteiger partial charge in [-0.15, -0.1) is 0 Å². The van der Waals surface area contributed by atoms with Gasteiger partial charge in [-0.05, 0) is 31.0 Å². The third kappa shape index (κ3) is 3.02. The summed E-state index contributed by atoms with van der Waals surface area (Å²) in [6, 6.07) is 5.69. The molecule has 21 heavy (non-hydrogen) atoms. The second-order valence-electron chi connectivity index (χ2n) is 5.02. The molecule has 1 saturated carbocycles. The number of rotatable bonds is 5. The van der Waals surface area contributed by atoms with E-state index in [1.54, 1.807) is 6.07 Å². The molecule has 0 saturated heterocycles. The van der Waals surface area contributed by atoms with Gasteiger partial charge in [0.15, 0.2) is 0 Å². The Hall–Kier alpha value is -1.62. The molecule has 1 aliphatic carbocycles. The molecule has 0 aliphatic heterocycles. The third-order valence-electron chi connectivity index (χ3n) is 3.72. The lowest BCUT2D eigenvalue weighted by molar-refractivity contribution is -0.153. The first-order chi connectivity index (χ1) is 9.81. The van der Waals surface area contributed by atoms with Crippen molar-refractivity contribution in [2.45, 2.75) is 24.2 Å². The molecule has 0 bridgehead atoms. The number of carbonyl (C=O) groups is 1. The summed E-state index contributed by atoms with van der Waals surface area (Å²) in [4.78, 5) is 11.0. The van der Waals surface area contributed by atoms with Crippen LogP contribution in [0.4, 0.5) is 0 Å². The van der Waals surface area contributed by atoms with E-state index in [-0.39, 0.29) is 22.0 Å². The Morgan fingerprint density at radius 1 is 1.48 bits per heavy atom. The van der Waals surface area contributed by atoms with Crippen molar-refractivity contribution in [3.8, 4) is 6.07 Å². The molecule has 2 rings (SSSR count). The summed E-state index contributed by atoms with van der Waals surface area (Å²) in [5.74, 6) is -1.01. The Labute approximate surface area is 127 Å². The van der Waals surface area contributed by atoms with Crippen LogP contribution in [0.25, 0.3) is 0 Å². The Balaban J connectivity index is 2.26. The molecule has 6 nitrogen and oxygen atoms in total. The molecule has 0 heterocycles. The van der Waals surface area contributed by atoms with E-state index in [1.165, 1.54) is 18.2 Å². The summed E-state index contributed by atoms with van der Waals surface area (Å²) in [5, 5.41) is 18.3. The lowest BCUT2D eigenvalue weighted by Gasteiger charge is -2.37.